The number of primary sulfonamides is 1. The van der Waals surface area contributed by atoms with E-state index in [-0.39, 0.29) is 16.6 Å². The average Bonchev–Trinajstić information content (AvgIpc) is 3.59. The van der Waals surface area contributed by atoms with Crippen molar-refractivity contribution in [2.75, 3.05) is 12.3 Å². The summed E-state index contributed by atoms with van der Waals surface area (Å²) in [6, 6.07) is 22.3. The van der Waals surface area contributed by atoms with Crippen LogP contribution < -0.4 is 10.5 Å². The number of aromatic amines is 1. The predicted octanol–water partition coefficient (Wildman–Crippen LogP) is 3.64. The zero-order valence-electron chi connectivity index (χ0n) is 21.9. The highest BCUT2D eigenvalue weighted by atomic mass is 32.2. The number of benzene rings is 3. The number of aryl methyl sites for hydroxylation is 2. The van der Waals surface area contributed by atoms with Gasteiger partial charge in [0, 0.05) is 35.5 Å². The molecule has 208 valence electrons. The van der Waals surface area contributed by atoms with Crippen LogP contribution in [-0.2, 0) is 34.1 Å². The van der Waals surface area contributed by atoms with Crippen LogP contribution in [0.4, 0.5) is 0 Å². The number of nitrogens with two attached hydrogens (primary N) is 1. The van der Waals surface area contributed by atoms with Gasteiger partial charge in [0.05, 0.1) is 16.2 Å². The SMILES string of the molecule is NS(=O)(=O)c1ccc(CCNC(=O)CSc2nc3ccccc3c3nc(CCc4c[nH]c5ccccc45)nn23)cc1. The number of thioether (sulfide) groups is 1. The molecule has 0 saturated carbocycles. The third-order valence-electron chi connectivity index (χ3n) is 6.81. The van der Waals surface area contributed by atoms with E-state index in [0.29, 0.717) is 30.4 Å². The molecule has 0 bridgehead atoms. The number of fused-ring (bicyclic) bond motifs is 4. The fraction of sp³-hybridized carbons (Fsp3) is 0.172. The molecule has 0 fully saturated rings. The summed E-state index contributed by atoms with van der Waals surface area (Å²) in [7, 11) is -3.73. The maximum atomic E-state index is 12.6. The lowest BCUT2D eigenvalue weighted by atomic mass is 10.1. The monoisotopic (exact) mass is 585 g/mol. The quantitative estimate of drug-likeness (QED) is 0.164. The summed E-state index contributed by atoms with van der Waals surface area (Å²) in [5, 5.41) is 15.5. The summed E-state index contributed by atoms with van der Waals surface area (Å²) >= 11 is 1.31. The van der Waals surface area contributed by atoms with Gasteiger partial charge in [-0.1, -0.05) is 54.2 Å². The number of hydrogen-bond acceptors (Lipinski definition) is 7. The molecule has 0 atom stereocenters. The average molecular weight is 586 g/mol. The highest BCUT2D eigenvalue weighted by molar-refractivity contribution is 7.99. The Morgan fingerprint density at radius 2 is 1.68 bits per heavy atom. The fourth-order valence-electron chi connectivity index (χ4n) is 4.73. The van der Waals surface area contributed by atoms with Gasteiger partial charge < -0.3 is 10.3 Å². The van der Waals surface area contributed by atoms with E-state index in [1.165, 1.54) is 34.8 Å². The summed E-state index contributed by atoms with van der Waals surface area (Å²) < 4.78 is 24.6. The van der Waals surface area contributed by atoms with Crippen molar-refractivity contribution in [1.82, 2.24) is 29.9 Å². The molecule has 0 spiro atoms. The molecule has 3 heterocycles. The Kier molecular flexibility index (Phi) is 7.43. The van der Waals surface area contributed by atoms with Gasteiger partial charge >= 0.3 is 0 Å². The lowest BCUT2D eigenvalue weighted by Gasteiger charge is -2.08. The van der Waals surface area contributed by atoms with E-state index >= 15 is 0 Å². The van der Waals surface area contributed by atoms with Crippen molar-refractivity contribution < 1.29 is 13.2 Å². The first-order chi connectivity index (χ1) is 19.8. The van der Waals surface area contributed by atoms with Crippen molar-refractivity contribution in [2.45, 2.75) is 29.3 Å². The van der Waals surface area contributed by atoms with Crippen LogP contribution in [0.3, 0.4) is 0 Å². The lowest BCUT2D eigenvalue weighted by molar-refractivity contribution is -0.118. The van der Waals surface area contributed by atoms with Crippen molar-refractivity contribution in [3.63, 3.8) is 0 Å². The van der Waals surface area contributed by atoms with Crippen LogP contribution >= 0.6 is 11.8 Å². The van der Waals surface area contributed by atoms with Gasteiger partial charge in [-0.25, -0.2) is 23.5 Å². The molecule has 0 saturated heterocycles. The Morgan fingerprint density at radius 3 is 2.49 bits per heavy atom. The maximum Gasteiger partial charge on any atom is 0.238 e. The van der Waals surface area contributed by atoms with Crippen molar-refractivity contribution in [3.05, 3.63) is 95.9 Å². The minimum absolute atomic E-state index is 0.0603. The number of aromatic nitrogens is 5. The third-order valence-corrected chi connectivity index (χ3v) is 8.66. The first kappa shape index (κ1) is 26.9. The van der Waals surface area contributed by atoms with Crippen molar-refractivity contribution in [1.29, 1.82) is 0 Å². The van der Waals surface area contributed by atoms with E-state index in [0.717, 1.165) is 34.1 Å². The molecule has 0 aliphatic rings. The number of sulfonamides is 1. The molecule has 4 N–H and O–H groups in total. The van der Waals surface area contributed by atoms with Crippen LogP contribution in [0, 0.1) is 0 Å². The molecule has 41 heavy (non-hydrogen) atoms. The molecule has 12 heteroatoms. The molecular formula is C29H27N7O3S2. The van der Waals surface area contributed by atoms with Gasteiger partial charge in [0.15, 0.2) is 16.6 Å². The Morgan fingerprint density at radius 1 is 0.927 bits per heavy atom. The standard InChI is InChI=1S/C29H27N7O3S2/c30-41(38,39)21-12-9-19(10-13-21)15-16-31-27(37)18-40-29-33-25-8-4-2-6-23(25)28-34-26(35-36(28)29)14-11-20-17-32-24-7-3-1-5-22(20)24/h1-10,12-13,17,32H,11,14-16,18H2,(H,31,37)(H2,30,38,39). The summed E-state index contributed by atoms with van der Waals surface area (Å²) in [4.78, 5) is 25.6. The second kappa shape index (κ2) is 11.3. The number of nitrogens with one attached hydrogen (secondary N) is 2. The number of amides is 1. The van der Waals surface area contributed by atoms with E-state index < -0.39 is 10.0 Å². The van der Waals surface area contributed by atoms with Crippen molar-refractivity contribution in [2.24, 2.45) is 5.14 Å². The fourth-order valence-corrected chi connectivity index (χ4v) is 6.02. The molecule has 0 unspecified atom stereocenters. The topological polar surface area (TPSA) is 148 Å². The van der Waals surface area contributed by atoms with Crippen LogP contribution in [0.2, 0.25) is 0 Å². The van der Waals surface area contributed by atoms with E-state index in [2.05, 4.69) is 22.4 Å². The molecular weight excluding hydrogens is 558 g/mol. The third kappa shape index (κ3) is 5.94. The van der Waals surface area contributed by atoms with Gasteiger partial charge in [0.2, 0.25) is 15.9 Å². The highest BCUT2D eigenvalue weighted by Gasteiger charge is 2.16. The Balaban J connectivity index is 1.13. The molecule has 0 radical (unpaired) electrons. The van der Waals surface area contributed by atoms with E-state index in [9.17, 15) is 13.2 Å². The Hall–Kier alpha value is -4.26. The second-order valence-electron chi connectivity index (χ2n) is 9.61. The summed E-state index contributed by atoms with van der Waals surface area (Å²) in [5.41, 5.74) is 4.73. The van der Waals surface area contributed by atoms with E-state index in [1.54, 1.807) is 16.6 Å². The minimum atomic E-state index is -3.73. The zero-order chi connectivity index (χ0) is 28.4. The second-order valence-corrected chi connectivity index (χ2v) is 12.1. The number of carbonyl (C=O) groups is 1. The number of rotatable bonds is 10. The Labute approximate surface area is 240 Å². The van der Waals surface area contributed by atoms with Crippen molar-refractivity contribution >= 4 is 55.1 Å². The van der Waals surface area contributed by atoms with Crippen LogP contribution in [0.1, 0.15) is 17.0 Å². The number of nitrogens with zero attached hydrogens (tertiary/aromatic N) is 4. The van der Waals surface area contributed by atoms with E-state index in [1.807, 2.05) is 42.6 Å². The minimum Gasteiger partial charge on any atom is -0.361 e. The molecule has 3 aromatic carbocycles. The Bertz CT molecular complexity index is 1980. The summed E-state index contributed by atoms with van der Waals surface area (Å²) in [6.45, 7) is 0.413. The number of para-hydroxylation sites is 2. The largest absolute Gasteiger partial charge is 0.361 e. The van der Waals surface area contributed by atoms with Crippen molar-refractivity contribution in [3.8, 4) is 0 Å². The summed E-state index contributed by atoms with van der Waals surface area (Å²) in [5.74, 6) is 0.738. The molecule has 6 aromatic rings. The van der Waals surface area contributed by atoms with Crippen LogP contribution in [0.25, 0.3) is 27.5 Å². The van der Waals surface area contributed by atoms with Crippen LogP contribution in [0.5, 0.6) is 0 Å². The highest BCUT2D eigenvalue weighted by Crippen LogP contribution is 2.25. The molecule has 6 rings (SSSR count). The molecule has 0 aliphatic carbocycles. The molecule has 0 aliphatic heterocycles. The molecule has 10 nitrogen and oxygen atoms in total. The van der Waals surface area contributed by atoms with Gasteiger partial charge in [-0.3, -0.25) is 4.79 Å². The van der Waals surface area contributed by atoms with Gasteiger partial charge in [-0.15, -0.1) is 5.10 Å². The number of H-pyrrole nitrogens is 1. The smallest absolute Gasteiger partial charge is 0.238 e. The van der Waals surface area contributed by atoms with Gasteiger partial charge in [-0.2, -0.15) is 4.52 Å². The maximum absolute atomic E-state index is 12.6. The molecule has 1 amide bonds. The van der Waals surface area contributed by atoms with Gasteiger partial charge in [-0.05, 0) is 54.3 Å². The van der Waals surface area contributed by atoms with Crippen LogP contribution in [-0.4, -0.2) is 51.2 Å². The number of carbonyl (C=O) groups excluding carboxylic acids is 1. The van der Waals surface area contributed by atoms with Gasteiger partial charge in [0.1, 0.15) is 0 Å². The zero-order valence-corrected chi connectivity index (χ0v) is 23.6. The lowest BCUT2D eigenvalue weighted by Crippen LogP contribution is -2.27. The number of hydrogen-bond donors (Lipinski definition) is 3. The molecule has 3 aromatic heterocycles. The van der Waals surface area contributed by atoms with Crippen LogP contribution in [0.15, 0.2) is 89.0 Å². The normalized spacial score (nSPS) is 11.9. The predicted molar refractivity (Wildman–Crippen MR) is 159 cm³/mol. The first-order valence-corrected chi connectivity index (χ1v) is 15.6. The van der Waals surface area contributed by atoms with E-state index in [4.69, 9.17) is 20.2 Å². The van der Waals surface area contributed by atoms with Gasteiger partial charge in [0.25, 0.3) is 0 Å². The first-order valence-electron chi connectivity index (χ1n) is 13.1. The summed E-state index contributed by atoms with van der Waals surface area (Å²) in [6.07, 6.45) is 4.06.